The molecular formula is C12H18N2O2. The SMILES string of the molecule is CCCCCCNc1cc(C(=O)O)ccn1. The van der Waals surface area contributed by atoms with Crippen molar-refractivity contribution in [2.24, 2.45) is 0 Å². The maximum Gasteiger partial charge on any atom is 0.335 e. The van der Waals surface area contributed by atoms with E-state index in [9.17, 15) is 4.79 Å². The van der Waals surface area contributed by atoms with Crippen LogP contribution in [0.15, 0.2) is 18.3 Å². The molecule has 2 N–H and O–H groups in total. The zero-order valence-electron chi connectivity index (χ0n) is 9.57. The Bertz CT molecular complexity index is 340. The second kappa shape index (κ2) is 6.82. The van der Waals surface area contributed by atoms with Gasteiger partial charge in [0.2, 0.25) is 0 Å². The van der Waals surface area contributed by atoms with Crippen LogP contribution >= 0.6 is 0 Å². The minimum Gasteiger partial charge on any atom is -0.478 e. The molecule has 4 heteroatoms. The normalized spacial score (nSPS) is 10.1. The van der Waals surface area contributed by atoms with Crippen LogP contribution in [-0.2, 0) is 0 Å². The van der Waals surface area contributed by atoms with E-state index in [0.29, 0.717) is 5.82 Å². The van der Waals surface area contributed by atoms with Gasteiger partial charge in [-0.05, 0) is 18.6 Å². The number of aromatic nitrogens is 1. The van der Waals surface area contributed by atoms with E-state index in [1.165, 1.54) is 31.5 Å². The maximum absolute atomic E-state index is 10.7. The van der Waals surface area contributed by atoms with E-state index in [2.05, 4.69) is 17.2 Å². The van der Waals surface area contributed by atoms with Gasteiger partial charge in [-0.25, -0.2) is 9.78 Å². The fourth-order valence-corrected chi connectivity index (χ4v) is 1.43. The van der Waals surface area contributed by atoms with Crippen molar-refractivity contribution >= 4 is 11.8 Å². The first-order chi connectivity index (χ1) is 7.74. The van der Waals surface area contributed by atoms with Crippen molar-refractivity contribution in [2.45, 2.75) is 32.6 Å². The lowest BCUT2D eigenvalue weighted by molar-refractivity contribution is 0.0697. The van der Waals surface area contributed by atoms with E-state index >= 15 is 0 Å². The highest BCUT2D eigenvalue weighted by atomic mass is 16.4. The van der Waals surface area contributed by atoms with Gasteiger partial charge in [0.05, 0.1) is 5.56 Å². The fraction of sp³-hybridized carbons (Fsp3) is 0.500. The van der Waals surface area contributed by atoms with Crippen LogP contribution in [0.25, 0.3) is 0 Å². The van der Waals surface area contributed by atoms with E-state index in [0.717, 1.165) is 13.0 Å². The van der Waals surface area contributed by atoms with Gasteiger partial charge in [0.25, 0.3) is 0 Å². The molecule has 0 radical (unpaired) electrons. The zero-order valence-corrected chi connectivity index (χ0v) is 9.57. The summed E-state index contributed by atoms with van der Waals surface area (Å²) in [6.07, 6.45) is 6.25. The first kappa shape index (κ1) is 12.5. The van der Waals surface area contributed by atoms with Crippen molar-refractivity contribution in [3.63, 3.8) is 0 Å². The molecule has 0 fully saturated rings. The van der Waals surface area contributed by atoms with Crippen LogP contribution in [0.4, 0.5) is 5.82 Å². The Hall–Kier alpha value is -1.58. The second-order valence-electron chi connectivity index (χ2n) is 3.72. The number of anilines is 1. The lowest BCUT2D eigenvalue weighted by Crippen LogP contribution is -2.05. The van der Waals surface area contributed by atoms with Gasteiger partial charge < -0.3 is 10.4 Å². The second-order valence-corrected chi connectivity index (χ2v) is 3.72. The number of nitrogens with zero attached hydrogens (tertiary/aromatic N) is 1. The van der Waals surface area contributed by atoms with Gasteiger partial charge in [-0.3, -0.25) is 0 Å². The van der Waals surface area contributed by atoms with Crippen LogP contribution in [0.5, 0.6) is 0 Å². The first-order valence-corrected chi connectivity index (χ1v) is 5.67. The number of hydrogen-bond donors (Lipinski definition) is 2. The molecule has 0 saturated carbocycles. The minimum absolute atomic E-state index is 0.269. The number of unbranched alkanes of at least 4 members (excludes halogenated alkanes) is 3. The summed E-state index contributed by atoms with van der Waals surface area (Å²) in [5, 5.41) is 11.9. The van der Waals surface area contributed by atoms with Crippen molar-refractivity contribution in [1.29, 1.82) is 0 Å². The number of hydrogen-bond acceptors (Lipinski definition) is 3. The van der Waals surface area contributed by atoms with E-state index in [-0.39, 0.29) is 5.56 Å². The zero-order chi connectivity index (χ0) is 11.8. The van der Waals surface area contributed by atoms with Crippen molar-refractivity contribution in [3.8, 4) is 0 Å². The number of carbonyl (C=O) groups is 1. The molecule has 1 heterocycles. The maximum atomic E-state index is 10.7. The topological polar surface area (TPSA) is 62.2 Å². The summed E-state index contributed by atoms with van der Waals surface area (Å²) in [7, 11) is 0. The van der Waals surface area contributed by atoms with Crippen LogP contribution in [0.1, 0.15) is 43.0 Å². The smallest absolute Gasteiger partial charge is 0.335 e. The van der Waals surface area contributed by atoms with Crippen molar-refractivity contribution in [2.75, 3.05) is 11.9 Å². The number of carboxylic acids is 1. The molecule has 0 aliphatic rings. The third-order valence-corrected chi connectivity index (χ3v) is 2.34. The summed E-state index contributed by atoms with van der Waals surface area (Å²) < 4.78 is 0. The largest absolute Gasteiger partial charge is 0.478 e. The summed E-state index contributed by atoms with van der Waals surface area (Å²) in [6, 6.07) is 3.05. The van der Waals surface area contributed by atoms with Crippen LogP contribution in [-0.4, -0.2) is 22.6 Å². The molecule has 0 unspecified atom stereocenters. The molecule has 0 bridgehead atoms. The summed E-state index contributed by atoms with van der Waals surface area (Å²) in [5.74, 6) is -0.284. The van der Waals surface area contributed by atoms with Gasteiger partial charge in [-0.15, -0.1) is 0 Å². The number of aromatic carboxylic acids is 1. The highest BCUT2D eigenvalue weighted by Gasteiger charge is 2.03. The number of nitrogens with one attached hydrogen (secondary N) is 1. The molecule has 16 heavy (non-hydrogen) atoms. The Morgan fingerprint density at radius 3 is 2.94 bits per heavy atom. The molecule has 0 aliphatic heterocycles. The van der Waals surface area contributed by atoms with Crippen LogP contribution in [0.3, 0.4) is 0 Å². The average Bonchev–Trinajstić information content (AvgIpc) is 2.29. The highest BCUT2D eigenvalue weighted by molar-refractivity contribution is 5.88. The lowest BCUT2D eigenvalue weighted by atomic mass is 10.2. The first-order valence-electron chi connectivity index (χ1n) is 5.67. The van der Waals surface area contributed by atoms with Crippen molar-refractivity contribution in [1.82, 2.24) is 4.98 Å². The van der Waals surface area contributed by atoms with Crippen molar-refractivity contribution < 1.29 is 9.90 Å². The van der Waals surface area contributed by atoms with Gasteiger partial charge in [0.15, 0.2) is 0 Å². The third-order valence-electron chi connectivity index (χ3n) is 2.34. The lowest BCUT2D eigenvalue weighted by Gasteiger charge is -2.05. The fourth-order valence-electron chi connectivity index (χ4n) is 1.43. The van der Waals surface area contributed by atoms with Gasteiger partial charge in [-0.1, -0.05) is 26.2 Å². The summed E-state index contributed by atoms with van der Waals surface area (Å²) >= 11 is 0. The van der Waals surface area contributed by atoms with Crippen LogP contribution in [0, 0.1) is 0 Å². The number of carboxylic acid groups (broad SMARTS) is 1. The quantitative estimate of drug-likeness (QED) is 0.696. The predicted octanol–water partition coefficient (Wildman–Crippen LogP) is 2.77. The van der Waals surface area contributed by atoms with E-state index in [1.54, 1.807) is 6.07 Å². The van der Waals surface area contributed by atoms with Gasteiger partial charge in [0.1, 0.15) is 5.82 Å². The van der Waals surface area contributed by atoms with Gasteiger partial charge in [0, 0.05) is 12.7 Å². The Balaban J connectivity index is 2.36. The Kier molecular flexibility index (Phi) is 5.32. The molecule has 4 nitrogen and oxygen atoms in total. The Morgan fingerprint density at radius 2 is 2.25 bits per heavy atom. The molecule has 0 saturated heterocycles. The van der Waals surface area contributed by atoms with Crippen LogP contribution < -0.4 is 5.32 Å². The summed E-state index contributed by atoms with van der Waals surface area (Å²) in [5.41, 5.74) is 0.269. The third kappa shape index (κ3) is 4.29. The molecule has 1 aromatic rings. The number of pyridine rings is 1. The van der Waals surface area contributed by atoms with Gasteiger partial charge >= 0.3 is 5.97 Å². The summed E-state index contributed by atoms with van der Waals surface area (Å²) in [4.78, 5) is 14.8. The molecule has 0 aromatic carbocycles. The number of rotatable bonds is 7. The molecule has 0 amide bonds. The van der Waals surface area contributed by atoms with Crippen molar-refractivity contribution in [3.05, 3.63) is 23.9 Å². The van der Waals surface area contributed by atoms with Crippen LogP contribution in [0.2, 0.25) is 0 Å². The molecule has 88 valence electrons. The predicted molar refractivity (Wildman–Crippen MR) is 63.8 cm³/mol. The molecule has 0 aliphatic carbocycles. The van der Waals surface area contributed by atoms with E-state index < -0.39 is 5.97 Å². The molecule has 1 rings (SSSR count). The summed E-state index contributed by atoms with van der Waals surface area (Å²) in [6.45, 7) is 3.02. The molecular weight excluding hydrogens is 204 g/mol. The van der Waals surface area contributed by atoms with Gasteiger partial charge in [-0.2, -0.15) is 0 Å². The van der Waals surface area contributed by atoms with E-state index in [1.807, 2.05) is 0 Å². The minimum atomic E-state index is -0.920. The molecule has 1 aromatic heterocycles. The average molecular weight is 222 g/mol. The monoisotopic (exact) mass is 222 g/mol. The highest BCUT2D eigenvalue weighted by Crippen LogP contribution is 2.07. The van der Waals surface area contributed by atoms with E-state index in [4.69, 9.17) is 5.11 Å². The Labute approximate surface area is 95.7 Å². The molecule has 0 spiro atoms. The Morgan fingerprint density at radius 1 is 1.44 bits per heavy atom. The molecule has 0 atom stereocenters. The standard InChI is InChI=1S/C12H18N2O2/c1-2-3-4-5-7-13-11-9-10(12(15)16)6-8-14-11/h6,8-9H,2-5,7H2,1H3,(H,13,14)(H,15,16).